The third-order valence-corrected chi connectivity index (χ3v) is 2.52. The number of ether oxygens (including phenoxy) is 1. The Labute approximate surface area is 97.7 Å². The van der Waals surface area contributed by atoms with Crippen molar-refractivity contribution in [1.29, 1.82) is 0 Å². The Morgan fingerprint density at radius 1 is 1.12 bits per heavy atom. The van der Waals surface area contributed by atoms with Gasteiger partial charge in [0.1, 0.15) is 0 Å². The second kappa shape index (κ2) is 3.86. The molecular formula is C12H10N4O. The number of hydrogen-bond acceptors (Lipinski definition) is 4. The van der Waals surface area contributed by atoms with E-state index in [1.807, 2.05) is 40.9 Å². The Morgan fingerprint density at radius 2 is 1.94 bits per heavy atom. The summed E-state index contributed by atoms with van der Waals surface area (Å²) in [5.74, 6) is 1.25. The van der Waals surface area contributed by atoms with E-state index in [1.54, 1.807) is 13.3 Å². The molecule has 0 bridgehead atoms. The molecule has 2 heterocycles. The fraction of sp³-hybridized carbons (Fsp3) is 0.0833. The Balaban J connectivity index is 2.26. The van der Waals surface area contributed by atoms with Gasteiger partial charge in [0.2, 0.25) is 5.65 Å². The van der Waals surface area contributed by atoms with Gasteiger partial charge in [-0.05, 0) is 0 Å². The molecule has 0 unspecified atom stereocenters. The molecule has 1 aromatic carbocycles. The van der Waals surface area contributed by atoms with E-state index in [1.165, 1.54) is 0 Å². The highest BCUT2D eigenvalue weighted by molar-refractivity contribution is 5.61. The van der Waals surface area contributed by atoms with Crippen LogP contribution in [0, 0.1) is 0 Å². The molecule has 0 amide bonds. The van der Waals surface area contributed by atoms with Gasteiger partial charge >= 0.3 is 0 Å². The summed E-state index contributed by atoms with van der Waals surface area (Å²) >= 11 is 0. The van der Waals surface area contributed by atoms with Gasteiger partial charge in [0, 0.05) is 18.0 Å². The number of hydrogen-bond donors (Lipinski definition) is 0. The van der Waals surface area contributed by atoms with Crippen molar-refractivity contribution < 1.29 is 4.74 Å². The number of rotatable bonds is 2. The maximum absolute atomic E-state index is 5.14. The molecular weight excluding hydrogens is 216 g/mol. The summed E-state index contributed by atoms with van der Waals surface area (Å²) in [6.07, 6.45) is 3.49. The fourth-order valence-electron chi connectivity index (χ4n) is 1.73. The van der Waals surface area contributed by atoms with Gasteiger partial charge in [-0.25, -0.2) is 4.98 Å². The number of methoxy groups -OCH3 is 1. The van der Waals surface area contributed by atoms with E-state index >= 15 is 0 Å². The summed E-state index contributed by atoms with van der Waals surface area (Å²) in [4.78, 5) is 4.09. The van der Waals surface area contributed by atoms with Gasteiger partial charge in [0.25, 0.3) is 5.88 Å². The fourth-order valence-corrected chi connectivity index (χ4v) is 1.73. The van der Waals surface area contributed by atoms with E-state index in [-0.39, 0.29) is 0 Å². The zero-order valence-electron chi connectivity index (χ0n) is 9.24. The maximum atomic E-state index is 5.14. The maximum Gasteiger partial charge on any atom is 0.260 e. The van der Waals surface area contributed by atoms with Crippen LogP contribution < -0.4 is 4.74 Å². The van der Waals surface area contributed by atoms with Crippen molar-refractivity contribution in [2.24, 2.45) is 0 Å². The van der Waals surface area contributed by atoms with E-state index in [4.69, 9.17) is 4.74 Å². The molecule has 17 heavy (non-hydrogen) atoms. The lowest BCUT2D eigenvalue weighted by Gasteiger charge is -2.01. The SMILES string of the molecule is COc1nccn2c(-c3ccccc3)nnc12. The van der Waals surface area contributed by atoms with Gasteiger partial charge in [-0.3, -0.25) is 4.40 Å². The number of fused-ring (bicyclic) bond motifs is 1. The average Bonchev–Trinajstić information content (AvgIpc) is 2.83. The minimum atomic E-state index is 0.474. The minimum absolute atomic E-state index is 0.474. The molecule has 5 nitrogen and oxygen atoms in total. The summed E-state index contributed by atoms with van der Waals surface area (Å²) in [5, 5.41) is 8.26. The monoisotopic (exact) mass is 226 g/mol. The van der Waals surface area contributed by atoms with Gasteiger partial charge in [-0.15, -0.1) is 10.2 Å². The first-order valence-corrected chi connectivity index (χ1v) is 5.19. The highest BCUT2D eigenvalue weighted by Crippen LogP contribution is 2.21. The average molecular weight is 226 g/mol. The topological polar surface area (TPSA) is 52.3 Å². The van der Waals surface area contributed by atoms with Crippen molar-refractivity contribution in [3.05, 3.63) is 42.7 Å². The molecule has 0 fully saturated rings. The van der Waals surface area contributed by atoms with E-state index in [0.29, 0.717) is 11.5 Å². The van der Waals surface area contributed by atoms with Crippen molar-refractivity contribution in [3.8, 4) is 17.3 Å². The van der Waals surface area contributed by atoms with Crippen molar-refractivity contribution in [1.82, 2.24) is 19.6 Å². The van der Waals surface area contributed by atoms with Crippen LogP contribution in [0.1, 0.15) is 0 Å². The molecule has 2 aromatic heterocycles. The molecule has 0 spiro atoms. The van der Waals surface area contributed by atoms with Gasteiger partial charge in [-0.2, -0.15) is 0 Å². The minimum Gasteiger partial charge on any atom is -0.478 e. The first-order valence-electron chi connectivity index (χ1n) is 5.19. The molecule has 0 atom stereocenters. The molecule has 84 valence electrons. The summed E-state index contributed by atoms with van der Waals surface area (Å²) in [6, 6.07) is 9.88. The molecule has 0 radical (unpaired) electrons. The summed E-state index contributed by atoms with van der Waals surface area (Å²) in [6.45, 7) is 0. The highest BCUT2D eigenvalue weighted by atomic mass is 16.5. The highest BCUT2D eigenvalue weighted by Gasteiger charge is 2.11. The van der Waals surface area contributed by atoms with Crippen LogP contribution in [0.5, 0.6) is 5.88 Å². The van der Waals surface area contributed by atoms with Crippen LogP contribution in [0.25, 0.3) is 17.0 Å². The number of benzene rings is 1. The van der Waals surface area contributed by atoms with E-state index in [2.05, 4.69) is 15.2 Å². The molecule has 0 aliphatic rings. The second-order valence-corrected chi connectivity index (χ2v) is 3.52. The van der Waals surface area contributed by atoms with E-state index < -0.39 is 0 Å². The van der Waals surface area contributed by atoms with Crippen LogP contribution in [0.3, 0.4) is 0 Å². The third-order valence-electron chi connectivity index (χ3n) is 2.52. The summed E-state index contributed by atoms with van der Waals surface area (Å²) < 4.78 is 7.00. The van der Waals surface area contributed by atoms with E-state index in [0.717, 1.165) is 11.4 Å². The van der Waals surface area contributed by atoms with Crippen molar-refractivity contribution in [2.45, 2.75) is 0 Å². The lowest BCUT2D eigenvalue weighted by Crippen LogP contribution is -1.94. The lowest BCUT2D eigenvalue weighted by molar-refractivity contribution is 0.400. The summed E-state index contributed by atoms with van der Waals surface area (Å²) in [5.41, 5.74) is 1.63. The second-order valence-electron chi connectivity index (χ2n) is 3.52. The zero-order valence-corrected chi connectivity index (χ0v) is 9.24. The smallest absolute Gasteiger partial charge is 0.260 e. The predicted octanol–water partition coefficient (Wildman–Crippen LogP) is 1.80. The molecule has 0 aliphatic heterocycles. The molecule has 0 saturated carbocycles. The van der Waals surface area contributed by atoms with Gasteiger partial charge in [0.15, 0.2) is 5.82 Å². The largest absolute Gasteiger partial charge is 0.478 e. The summed E-state index contributed by atoms with van der Waals surface area (Å²) in [7, 11) is 1.57. The van der Waals surface area contributed by atoms with E-state index in [9.17, 15) is 0 Å². The lowest BCUT2D eigenvalue weighted by atomic mass is 10.2. The molecule has 3 aromatic rings. The van der Waals surface area contributed by atoms with Gasteiger partial charge in [0.05, 0.1) is 7.11 Å². The Hall–Kier alpha value is -2.43. The van der Waals surface area contributed by atoms with Gasteiger partial charge < -0.3 is 4.74 Å². The molecule has 0 saturated heterocycles. The van der Waals surface area contributed by atoms with Crippen molar-refractivity contribution >= 4 is 5.65 Å². The normalized spacial score (nSPS) is 10.6. The van der Waals surface area contributed by atoms with Crippen molar-refractivity contribution in [3.63, 3.8) is 0 Å². The van der Waals surface area contributed by atoms with Crippen LogP contribution in [0.2, 0.25) is 0 Å². The standard InChI is InChI=1S/C12H10N4O/c1-17-12-11-15-14-10(16(11)8-7-13-12)9-5-3-2-4-6-9/h2-8H,1H3. The zero-order chi connectivity index (χ0) is 11.7. The Morgan fingerprint density at radius 3 is 2.71 bits per heavy atom. The first-order chi connectivity index (χ1) is 8.40. The van der Waals surface area contributed by atoms with Crippen LogP contribution >= 0.6 is 0 Å². The van der Waals surface area contributed by atoms with Crippen LogP contribution in [0.4, 0.5) is 0 Å². The van der Waals surface area contributed by atoms with Crippen molar-refractivity contribution in [2.75, 3.05) is 7.11 Å². The van der Waals surface area contributed by atoms with Crippen LogP contribution in [0.15, 0.2) is 42.7 Å². The Kier molecular flexibility index (Phi) is 2.22. The third kappa shape index (κ3) is 1.52. The van der Waals surface area contributed by atoms with Crippen LogP contribution in [-0.4, -0.2) is 26.7 Å². The molecule has 0 aliphatic carbocycles. The predicted molar refractivity (Wildman–Crippen MR) is 62.8 cm³/mol. The molecule has 0 N–H and O–H groups in total. The molecule has 3 rings (SSSR count). The number of nitrogens with zero attached hydrogens (tertiary/aromatic N) is 4. The number of aromatic nitrogens is 4. The van der Waals surface area contributed by atoms with Gasteiger partial charge in [-0.1, -0.05) is 30.3 Å². The Bertz CT molecular complexity index is 648. The quantitative estimate of drug-likeness (QED) is 0.668. The van der Waals surface area contributed by atoms with Crippen LogP contribution in [-0.2, 0) is 0 Å². The molecule has 5 heteroatoms. The first kappa shape index (κ1) is 9.77.